The van der Waals surface area contributed by atoms with E-state index in [1.165, 1.54) is 37.8 Å². The van der Waals surface area contributed by atoms with Crippen LogP contribution in [0.5, 0.6) is 0 Å². The van der Waals surface area contributed by atoms with Gasteiger partial charge < -0.3 is 15.0 Å². The maximum absolute atomic E-state index is 5.56. The topological polar surface area (TPSA) is 40.1 Å². The van der Waals surface area contributed by atoms with Crippen molar-refractivity contribution in [3.05, 3.63) is 35.9 Å². The second kappa shape index (κ2) is 7.97. The Morgan fingerprint density at radius 1 is 1.15 bits per heavy atom. The van der Waals surface area contributed by atoms with Gasteiger partial charge in [-0.3, -0.25) is 9.89 Å². The summed E-state index contributed by atoms with van der Waals surface area (Å²) in [6.45, 7) is 6.85. The van der Waals surface area contributed by atoms with Crippen molar-refractivity contribution in [3.63, 3.8) is 0 Å². The molecule has 5 heteroatoms. The Bertz CT molecular complexity index is 608. The molecule has 0 aromatic heterocycles. The Balaban J connectivity index is 1.41. The number of ether oxygens (including phenoxy) is 1. The zero-order valence-corrected chi connectivity index (χ0v) is 16.0. The van der Waals surface area contributed by atoms with E-state index in [0.29, 0.717) is 11.5 Å². The highest BCUT2D eigenvalue weighted by Gasteiger charge is 2.43. The van der Waals surface area contributed by atoms with Gasteiger partial charge in [0.25, 0.3) is 0 Å². The van der Waals surface area contributed by atoms with Gasteiger partial charge in [0, 0.05) is 39.8 Å². The molecule has 1 N–H and O–H groups in total. The zero-order chi connectivity index (χ0) is 17.8. The maximum atomic E-state index is 5.56. The van der Waals surface area contributed by atoms with Gasteiger partial charge in [0.15, 0.2) is 5.96 Å². The highest BCUT2D eigenvalue weighted by molar-refractivity contribution is 5.80. The van der Waals surface area contributed by atoms with Gasteiger partial charge in [-0.05, 0) is 30.2 Å². The van der Waals surface area contributed by atoms with E-state index in [1.807, 2.05) is 7.05 Å². The van der Waals surface area contributed by atoms with Crippen LogP contribution in [0.4, 0.5) is 0 Å². The van der Waals surface area contributed by atoms with Crippen molar-refractivity contribution in [3.8, 4) is 0 Å². The minimum atomic E-state index is 0.358. The molecule has 2 heterocycles. The largest absolute Gasteiger partial charge is 0.379 e. The standard InChI is InChI=1S/C21H32N4O/c1-22-20(25-11-10-21(17-25)8-5-9-21)23-16-19(18-6-3-2-4-7-18)24-12-14-26-15-13-24/h2-4,6-7,19H,5,8-17H2,1H3,(H,22,23). The average Bonchev–Trinajstić information content (AvgIpc) is 3.13. The fourth-order valence-electron chi connectivity index (χ4n) is 4.74. The quantitative estimate of drug-likeness (QED) is 0.665. The van der Waals surface area contributed by atoms with E-state index in [1.54, 1.807) is 0 Å². The number of rotatable bonds is 4. The van der Waals surface area contributed by atoms with E-state index < -0.39 is 0 Å². The second-order valence-electron chi connectivity index (χ2n) is 8.03. The van der Waals surface area contributed by atoms with Crippen LogP contribution in [0, 0.1) is 5.41 Å². The summed E-state index contributed by atoms with van der Waals surface area (Å²) in [5, 5.41) is 3.69. The van der Waals surface area contributed by atoms with E-state index in [2.05, 4.69) is 50.4 Å². The van der Waals surface area contributed by atoms with Crippen LogP contribution >= 0.6 is 0 Å². The number of hydrogen-bond donors (Lipinski definition) is 1. The monoisotopic (exact) mass is 356 g/mol. The molecule has 1 aromatic carbocycles. The molecule has 1 unspecified atom stereocenters. The molecule has 142 valence electrons. The summed E-state index contributed by atoms with van der Waals surface area (Å²) in [5.74, 6) is 1.07. The summed E-state index contributed by atoms with van der Waals surface area (Å²) < 4.78 is 5.56. The van der Waals surface area contributed by atoms with E-state index in [0.717, 1.165) is 45.4 Å². The molecule has 0 amide bonds. The molecule has 1 atom stereocenters. The molecule has 3 aliphatic rings. The smallest absolute Gasteiger partial charge is 0.193 e. The third-order valence-corrected chi connectivity index (χ3v) is 6.49. The van der Waals surface area contributed by atoms with Crippen LogP contribution in [0.1, 0.15) is 37.3 Å². The van der Waals surface area contributed by atoms with Crippen LogP contribution in [0.25, 0.3) is 0 Å². The number of nitrogens with one attached hydrogen (secondary N) is 1. The Hall–Kier alpha value is -1.59. The van der Waals surface area contributed by atoms with Gasteiger partial charge in [-0.25, -0.2) is 0 Å². The number of guanidine groups is 1. The summed E-state index contributed by atoms with van der Waals surface area (Å²) in [7, 11) is 1.92. The van der Waals surface area contributed by atoms with Gasteiger partial charge in [0.05, 0.1) is 19.3 Å². The molecule has 0 radical (unpaired) electrons. The molecule has 26 heavy (non-hydrogen) atoms. The molecule has 2 saturated heterocycles. The van der Waals surface area contributed by atoms with Crippen molar-refractivity contribution in [2.75, 3.05) is 53.0 Å². The predicted molar refractivity (Wildman–Crippen MR) is 105 cm³/mol. The van der Waals surface area contributed by atoms with Crippen molar-refractivity contribution in [2.45, 2.75) is 31.7 Å². The average molecular weight is 357 g/mol. The lowest BCUT2D eigenvalue weighted by molar-refractivity contribution is 0.0169. The maximum Gasteiger partial charge on any atom is 0.193 e. The van der Waals surface area contributed by atoms with Gasteiger partial charge in [-0.1, -0.05) is 36.8 Å². The Labute approximate surface area is 157 Å². The predicted octanol–water partition coefficient (Wildman–Crippen LogP) is 2.51. The molecule has 2 aliphatic heterocycles. The van der Waals surface area contributed by atoms with Crippen LogP contribution in [-0.4, -0.2) is 68.7 Å². The Morgan fingerprint density at radius 3 is 2.54 bits per heavy atom. The van der Waals surface area contributed by atoms with E-state index in [9.17, 15) is 0 Å². The molecule has 1 spiro atoms. The van der Waals surface area contributed by atoms with E-state index >= 15 is 0 Å². The lowest BCUT2D eigenvalue weighted by atomic mass is 9.68. The summed E-state index contributed by atoms with van der Waals surface area (Å²) in [5.41, 5.74) is 1.97. The Morgan fingerprint density at radius 2 is 1.92 bits per heavy atom. The fraction of sp³-hybridized carbons (Fsp3) is 0.667. The number of nitrogens with zero attached hydrogens (tertiary/aromatic N) is 3. The third kappa shape index (κ3) is 3.74. The number of benzene rings is 1. The summed E-state index contributed by atoms with van der Waals surface area (Å²) in [6.07, 6.45) is 5.55. The highest BCUT2D eigenvalue weighted by atomic mass is 16.5. The number of hydrogen-bond acceptors (Lipinski definition) is 3. The van der Waals surface area contributed by atoms with Crippen molar-refractivity contribution in [1.82, 2.24) is 15.1 Å². The highest BCUT2D eigenvalue weighted by Crippen LogP contribution is 2.47. The lowest BCUT2D eigenvalue weighted by Gasteiger charge is -2.38. The number of likely N-dealkylation sites (tertiary alicyclic amines) is 1. The molecule has 1 aliphatic carbocycles. The first-order valence-electron chi connectivity index (χ1n) is 10.1. The van der Waals surface area contributed by atoms with Crippen molar-refractivity contribution in [1.29, 1.82) is 0 Å². The van der Waals surface area contributed by atoms with E-state index in [4.69, 9.17) is 4.74 Å². The van der Waals surface area contributed by atoms with Gasteiger partial charge >= 0.3 is 0 Å². The molecule has 5 nitrogen and oxygen atoms in total. The van der Waals surface area contributed by atoms with Crippen LogP contribution in [-0.2, 0) is 4.74 Å². The minimum absolute atomic E-state index is 0.358. The summed E-state index contributed by atoms with van der Waals surface area (Å²) in [4.78, 5) is 9.60. The SMILES string of the molecule is CN=C(NCC(c1ccccc1)N1CCOCC1)N1CCC2(CCC2)C1. The first-order valence-corrected chi connectivity index (χ1v) is 10.1. The van der Waals surface area contributed by atoms with Gasteiger partial charge in [-0.2, -0.15) is 0 Å². The van der Waals surface area contributed by atoms with Gasteiger partial charge in [0.2, 0.25) is 0 Å². The minimum Gasteiger partial charge on any atom is -0.379 e. The van der Waals surface area contributed by atoms with Gasteiger partial charge in [0.1, 0.15) is 0 Å². The van der Waals surface area contributed by atoms with Crippen LogP contribution in [0.3, 0.4) is 0 Å². The number of aliphatic imine (C=N–C) groups is 1. The van der Waals surface area contributed by atoms with Gasteiger partial charge in [-0.15, -0.1) is 0 Å². The Kier molecular flexibility index (Phi) is 5.46. The summed E-state index contributed by atoms with van der Waals surface area (Å²) >= 11 is 0. The van der Waals surface area contributed by atoms with E-state index in [-0.39, 0.29) is 0 Å². The normalized spacial score (nSPS) is 24.5. The molecule has 1 aromatic rings. The van der Waals surface area contributed by atoms with Crippen molar-refractivity contribution < 1.29 is 4.74 Å². The molecular formula is C21H32N4O. The molecule has 0 bridgehead atoms. The van der Waals surface area contributed by atoms with Crippen LogP contribution in [0.15, 0.2) is 35.3 Å². The molecule has 3 fully saturated rings. The summed E-state index contributed by atoms with van der Waals surface area (Å²) in [6, 6.07) is 11.2. The first kappa shape index (κ1) is 17.8. The number of morpholine rings is 1. The van der Waals surface area contributed by atoms with Crippen LogP contribution in [0.2, 0.25) is 0 Å². The lowest BCUT2D eigenvalue weighted by Crippen LogP contribution is -2.47. The van der Waals surface area contributed by atoms with Crippen molar-refractivity contribution in [2.24, 2.45) is 10.4 Å². The van der Waals surface area contributed by atoms with Crippen LogP contribution < -0.4 is 5.32 Å². The second-order valence-corrected chi connectivity index (χ2v) is 8.03. The zero-order valence-electron chi connectivity index (χ0n) is 16.0. The molecule has 4 rings (SSSR count). The molecule has 1 saturated carbocycles. The van der Waals surface area contributed by atoms with Crippen molar-refractivity contribution >= 4 is 5.96 Å². The fourth-order valence-corrected chi connectivity index (χ4v) is 4.74. The third-order valence-electron chi connectivity index (χ3n) is 6.49. The first-order chi connectivity index (χ1) is 12.8. The molecular weight excluding hydrogens is 324 g/mol.